The number of rotatable bonds is 7. The molecule has 0 fully saturated rings. The van der Waals surface area contributed by atoms with Crippen LogP contribution >= 0.6 is 0 Å². The van der Waals surface area contributed by atoms with E-state index in [4.69, 9.17) is 0 Å². The quantitative estimate of drug-likeness (QED) is 0.179. The van der Waals surface area contributed by atoms with E-state index < -0.39 is 5.41 Å². The van der Waals surface area contributed by atoms with Crippen LogP contribution < -0.4 is 0 Å². The Bertz CT molecular complexity index is 1880. The van der Waals surface area contributed by atoms with Crippen molar-refractivity contribution < 1.29 is 0 Å². The fraction of sp³-hybridized carbons (Fsp3) is 0.182. The second kappa shape index (κ2) is 11.4. The van der Waals surface area contributed by atoms with Crippen LogP contribution in [0, 0.1) is 0 Å². The van der Waals surface area contributed by atoms with Crippen molar-refractivity contribution in [1.82, 2.24) is 0 Å². The molecule has 0 heterocycles. The summed E-state index contributed by atoms with van der Waals surface area (Å²) in [4.78, 5) is 0. The maximum absolute atomic E-state index is 2.51. The first kappa shape index (κ1) is 28.1. The highest BCUT2D eigenvalue weighted by atomic mass is 14.5. The van der Waals surface area contributed by atoms with Crippen LogP contribution in [0.3, 0.4) is 0 Å². The molecule has 0 radical (unpaired) electrons. The topological polar surface area (TPSA) is 0 Å². The van der Waals surface area contributed by atoms with Gasteiger partial charge in [0.05, 0.1) is 5.41 Å². The van der Waals surface area contributed by atoms with E-state index in [1.165, 1.54) is 66.8 Å². The Morgan fingerprint density at radius 1 is 0.455 bits per heavy atom. The summed E-state index contributed by atoms with van der Waals surface area (Å²) in [7, 11) is 0. The van der Waals surface area contributed by atoms with E-state index >= 15 is 0 Å². The Balaban J connectivity index is 1.60. The average molecular weight is 569 g/mol. The Morgan fingerprint density at radius 3 is 1.36 bits per heavy atom. The molecule has 0 saturated heterocycles. The standard InChI is InChI=1S/C44H40/c1-5-31(4)37-27-25-35(29-41(37)33-18-10-7-11-19-33)44(42-22-14-12-20-38(42)39-21-13-15-23-43(39)44)34-24-26-36(30(2)3)40(28-34)32-16-8-6-9-17-32/h6-31H,5H2,1-4H3. The van der Waals surface area contributed by atoms with Gasteiger partial charge in [0.15, 0.2) is 0 Å². The van der Waals surface area contributed by atoms with Gasteiger partial charge in [0, 0.05) is 0 Å². The van der Waals surface area contributed by atoms with Gasteiger partial charge in [-0.3, -0.25) is 0 Å². The van der Waals surface area contributed by atoms with Crippen molar-refractivity contribution >= 4 is 0 Å². The summed E-state index contributed by atoms with van der Waals surface area (Å²) in [6.07, 6.45) is 1.10. The van der Waals surface area contributed by atoms with Crippen LogP contribution in [0.25, 0.3) is 33.4 Å². The van der Waals surface area contributed by atoms with Crippen LogP contribution in [0.5, 0.6) is 0 Å². The lowest BCUT2D eigenvalue weighted by molar-refractivity contribution is 0.729. The van der Waals surface area contributed by atoms with Gasteiger partial charge in [-0.25, -0.2) is 0 Å². The Hall–Kier alpha value is -4.68. The summed E-state index contributed by atoms with van der Waals surface area (Å²) >= 11 is 0. The van der Waals surface area contributed by atoms with Crippen molar-refractivity contribution in [3.8, 4) is 33.4 Å². The van der Waals surface area contributed by atoms with Crippen LogP contribution in [0.15, 0.2) is 146 Å². The van der Waals surface area contributed by atoms with E-state index in [9.17, 15) is 0 Å². The fourth-order valence-corrected chi connectivity index (χ4v) is 7.49. The number of benzene rings is 6. The van der Waals surface area contributed by atoms with Gasteiger partial charge in [-0.05, 0) is 97.2 Å². The molecule has 0 spiro atoms. The van der Waals surface area contributed by atoms with E-state index in [-0.39, 0.29) is 0 Å². The van der Waals surface area contributed by atoms with Crippen LogP contribution in [-0.4, -0.2) is 0 Å². The molecule has 0 heteroatoms. The third-order valence-electron chi connectivity index (χ3n) is 9.86. The monoisotopic (exact) mass is 568 g/mol. The highest BCUT2D eigenvalue weighted by Crippen LogP contribution is 2.57. The first-order chi connectivity index (χ1) is 21.5. The Morgan fingerprint density at radius 2 is 0.886 bits per heavy atom. The van der Waals surface area contributed by atoms with Crippen molar-refractivity contribution in [3.05, 3.63) is 179 Å². The molecule has 1 aliphatic rings. The summed E-state index contributed by atoms with van der Waals surface area (Å²) in [6.45, 7) is 9.25. The minimum atomic E-state index is -0.455. The van der Waals surface area contributed by atoms with Crippen molar-refractivity contribution in [2.75, 3.05) is 0 Å². The predicted octanol–water partition coefficient (Wildman–Crippen LogP) is 12.0. The number of hydrogen-bond donors (Lipinski definition) is 0. The van der Waals surface area contributed by atoms with Crippen LogP contribution in [-0.2, 0) is 5.41 Å². The first-order valence-corrected chi connectivity index (χ1v) is 16.1. The molecular formula is C44H40. The van der Waals surface area contributed by atoms with Crippen LogP contribution in [0.4, 0.5) is 0 Å². The minimum absolute atomic E-state index is 0.415. The maximum atomic E-state index is 2.51. The lowest BCUT2D eigenvalue weighted by Crippen LogP contribution is -2.29. The molecule has 0 saturated carbocycles. The first-order valence-electron chi connectivity index (χ1n) is 16.1. The zero-order valence-corrected chi connectivity index (χ0v) is 26.2. The molecule has 7 rings (SSSR count). The Kier molecular flexibility index (Phi) is 7.31. The SMILES string of the molecule is CCC(C)c1ccc(C2(c3ccc(C(C)C)c(-c4ccccc4)c3)c3ccccc3-c3ccccc32)cc1-c1ccccc1. The molecule has 216 valence electrons. The molecule has 0 aliphatic heterocycles. The summed E-state index contributed by atoms with van der Waals surface area (Å²) in [6, 6.07) is 54.7. The molecule has 0 bridgehead atoms. The summed E-state index contributed by atoms with van der Waals surface area (Å²) in [5, 5.41) is 0. The molecule has 1 aliphatic carbocycles. The number of fused-ring (bicyclic) bond motifs is 3. The molecule has 44 heavy (non-hydrogen) atoms. The molecule has 1 unspecified atom stereocenters. The molecule has 0 N–H and O–H groups in total. The highest BCUT2D eigenvalue weighted by molar-refractivity contribution is 5.87. The third-order valence-corrected chi connectivity index (χ3v) is 9.86. The second-order valence-electron chi connectivity index (χ2n) is 12.6. The molecule has 0 aromatic heterocycles. The van der Waals surface area contributed by atoms with E-state index in [1.807, 2.05) is 0 Å². The van der Waals surface area contributed by atoms with Gasteiger partial charge in [-0.1, -0.05) is 161 Å². The van der Waals surface area contributed by atoms with Crippen molar-refractivity contribution in [3.63, 3.8) is 0 Å². The van der Waals surface area contributed by atoms with Gasteiger partial charge in [0.25, 0.3) is 0 Å². The zero-order chi connectivity index (χ0) is 30.3. The molecule has 0 amide bonds. The van der Waals surface area contributed by atoms with E-state index in [0.29, 0.717) is 11.8 Å². The smallest absolute Gasteiger partial charge is 0.0648 e. The van der Waals surface area contributed by atoms with Gasteiger partial charge in [-0.2, -0.15) is 0 Å². The van der Waals surface area contributed by atoms with Crippen LogP contribution in [0.1, 0.15) is 79.3 Å². The van der Waals surface area contributed by atoms with Crippen molar-refractivity contribution in [2.24, 2.45) is 0 Å². The molecule has 1 atom stereocenters. The van der Waals surface area contributed by atoms with Crippen LogP contribution in [0.2, 0.25) is 0 Å². The Labute approximate surface area is 263 Å². The minimum Gasteiger partial charge on any atom is -0.0648 e. The number of hydrogen-bond acceptors (Lipinski definition) is 0. The van der Waals surface area contributed by atoms with Gasteiger partial charge in [0.2, 0.25) is 0 Å². The summed E-state index contributed by atoms with van der Waals surface area (Å²) in [5.41, 5.74) is 15.5. The summed E-state index contributed by atoms with van der Waals surface area (Å²) in [5.74, 6) is 0.881. The maximum Gasteiger partial charge on any atom is 0.0714 e. The average Bonchev–Trinajstić information content (AvgIpc) is 3.39. The normalized spacial score (nSPS) is 13.8. The van der Waals surface area contributed by atoms with E-state index in [0.717, 1.165) is 6.42 Å². The predicted molar refractivity (Wildman–Crippen MR) is 187 cm³/mol. The summed E-state index contributed by atoms with van der Waals surface area (Å²) < 4.78 is 0. The molecule has 6 aromatic carbocycles. The third kappa shape index (κ3) is 4.44. The van der Waals surface area contributed by atoms with Gasteiger partial charge < -0.3 is 0 Å². The molecule has 6 aromatic rings. The lowest BCUT2D eigenvalue weighted by atomic mass is 9.66. The van der Waals surface area contributed by atoms with E-state index in [2.05, 4.69) is 173 Å². The molecule has 0 nitrogen and oxygen atoms in total. The largest absolute Gasteiger partial charge is 0.0714 e. The van der Waals surface area contributed by atoms with Gasteiger partial charge in [-0.15, -0.1) is 0 Å². The highest BCUT2D eigenvalue weighted by Gasteiger charge is 2.46. The lowest BCUT2D eigenvalue weighted by Gasteiger charge is -2.35. The van der Waals surface area contributed by atoms with Crippen molar-refractivity contribution in [2.45, 2.75) is 51.4 Å². The fourth-order valence-electron chi connectivity index (χ4n) is 7.49. The molecular weight excluding hydrogens is 528 g/mol. The van der Waals surface area contributed by atoms with Gasteiger partial charge in [0.1, 0.15) is 0 Å². The second-order valence-corrected chi connectivity index (χ2v) is 12.6. The van der Waals surface area contributed by atoms with E-state index in [1.54, 1.807) is 0 Å². The van der Waals surface area contributed by atoms with Gasteiger partial charge >= 0.3 is 0 Å². The van der Waals surface area contributed by atoms with Crippen molar-refractivity contribution in [1.29, 1.82) is 0 Å². The zero-order valence-electron chi connectivity index (χ0n) is 26.2.